The lowest BCUT2D eigenvalue weighted by Gasteiger charge is -2.38. The van der Waals surface area contributed by atoms with Gasteiger partial charge in [-0.3, -0.25) is 0 Å². The fourth-order valence-corrected chi connectivity index (χ4v) is 2.77. The third-order valence-corrected chi connectivity index (χ3v) is 3.78. The number of ether oxygens (including phenoxy) is 1. The number of carbonyl (C=O) groups excluding carboxylic acids is 1. The molecular formula is C11H15F3N2O3. The third-order valence-electron chi connectivity index (χ3n) is 3.78. The molecule has 2 aliphatic rings. The molecular weight excluding hydrogens is 265 g/mol. The first kappa shape index (κ1) is 14.1. The van der Waals surface area contributed by atoms with Gasteiger partial charge in [0.1, 0.15) is 0 Å². The van der Waals surface area contributed by atoms with E-state index in [0.29, 0.717) is 12.8 Å². The van der Waals surface area contributed by atoms with Crippen LogP contribution in [0.5, 0.6) is 0 Å². The standard InChI is InChI=1S/C11H15F3N2O3/c1-6-4-3-5-7-8(6)15-16(9(17)19-2)10(7,18)11(12,13)14/h6-7,18H,3-5H2,1-2H3. The molecule has 8 heteroatoms. The van der Waals surface area contributed by atoms with Gasteiger partial charge < -0.3 is 9.84 Å². The Balaban J connectivity index is 2.48. The number of hydrogen-bond donors (Lipinski definition) is 1. The minimum absolute atomic E-state index is 0.0365. The number of alkyl halides is 3. The van der Waals surface area contributed by atoms with Crippen molar-refractivity contribution >= 4 is 11.8 Å². The summed E-state index contributed by atoms with van der Waals surface area (Å²) >= 11 is 0. The number of hydrogen-bond acceptors (Lipinski definition) is 4. The van der Waals surface area contributed by atoms with Crippen LogP contribution in [0.4, 0.5) is 18.0 Å². The molecule has 0 spiro atoms. The predicted molar refractivity (Wildman–Crippen MR) is 59.2 cm³/mol. The van der Waals surface area contributed by atoms with Gasteiger partial charge in [-0.05, 0) is 18.8 Å². The minimum Gasteiger partial charge on any atom is -0.451 e. The molecule has 1 fully saturated rings. The molecule has 5 nitrogen and oxygen atoms in total. The predicted octanol–water partition coefficient (Wildman–Crippen LogP) is 2.11. The number of halogens is 3. The molecule has 0 saturated heterocycles. The molecule has 0 aromatic rings. The summed E-state index contributed by atoms with van der Waals surface area (Å²) in [7, 11) is 0.949. The molecule has 1 saturated carbocycles. The van der Waals surface area contributed by atoms with Gasteiger partial charge in [-0.15, -0.1) is 0 Å². The van der Waals surface area contributed by atoms with E-state index in [4.69, 9.17) is 0 Å². The average molecular weight is 280 g/mol. The summed E-state index contributed by atoms with van der Waals surface area (Å²) in [6.07, 6.45) is -4.91. The number of nitrogens with zero attached hydrogens (tertiary/aromatic N) is 2. The number of amides is 1. The van der Waals surface area contributed by atoms with Crippen molar-refractivity contribution in [2.45, 2.75) is 38.1 Å². The van der Waals surface area contributed by atoms with E-state index in [2.05, 4.69) is 9.84 Å². The van der Waals surface area contributed by atoms with Gasteiger partial charge in [0.25, 0.3) is 5.72 Å². The zero-order chi connectivity index (χ0) is 14.4. The Labute approximate surface area is 108 Å². The van der Waals surface area contributed by atoms with Gasteiger partial charge in [-0.2, -0.15) is 23.3 Å². The maximum Gasteiger partial charge on any atom is 0.439 e. The van der Waals surface area contributed by atoms with Crippen LogP contribution in [0.15, 0.2) is 5.10 Å². The first-order valence-electron chi connectivity index (χ1n) is 5.99. The highest BCUT2D eigenvalue weighted by atomic mass is 19.4. The molecule has 0 radical (unpaired) electrons. The largest absolute Gasteiger partial charge is 0.451 e. The molecule has 3 unspecified atom stereocenters. The summed E-state index contributed by atoms with van der Waals surface area (Å²) in [4.78, 5) is 11.5. The van der Waals surface area contributed by atoms with Crippen molar-refractivity contribution in [3.8, 4) is 0 Å². The van der Waals surface area contributed by atoms with Gasteiger partial charge in [0, 0.05) is 5.71 Å². The molecule has 1 aliphatic heterocycles. The molecule has 1 N–H and O–H groups in total. The second-order valence-corrected chi connectivity index (χ2v) is 4.92. The van der Waals surface area contributed by atoms with Crippen LogP contribution in [0.25, 0.3) is 0 Å². The summed E-state index contributed by atoms with van der Waals surface area (Å²) in [5, 5.41) is 13.8. The van der Waals surface area contributed by atoms with E-state index >= 15 is 0 Å². The number of methoxy groups -OCH3 is 1. The van der Waals surface area contributed by atoms with E-state index in [0.717, 1.165) is 7.11 Å². The number of rotatable bonds is 0. The van der Waals surface area contributed by atoms with Gasteiger partial charge in [-0.1, -0.05) is 13.3 Å². The molecule has 2 rings (SSSR count). The number of carbonyl (C=O) groups is 1. The van der Waals surface area contributed by atoms with E-state index in [1.165, 1.54) is 0 Å². The summed E-state index contributed by atoms with van der Waals surface area (Å²) < 4.78 is 43.9. The van der Waals surface area contributed by atoms with Crippen LogP contribution in [0, 0.1) is 11.8 Å². The molecule has 1 aliphatic carbocycles. The summed E-state index contributed by atoms with van der Waals surface area (Å²) in [6.45, 7) is 1.74. The van der Waals surface area contributed by atoms with Crippen LogP contribution in [0.3, 0.4) is 0 Å². The van der Waals surface area contributed by atoms with Crippen molar-refractivity contribution in [3.63, 3.8) is 0 Å². The average Bonchev–Trinajstić information content (AvgIpc) is 2.65. The van der Waals surface area contributed by atoms with Gasteiger partial charge in [0.2, 0.25) is 0 Å². The maximum atomic E-state index is 13.2. The van der Waals surface area contributed by atoms with Crippen molar-refractivity contribution in [3.05, 3.63) is 0 Å². The minimum atomic E-state index is -4.99. The zero-order valence-corrected chi connectivity index (χ0v) is 10.6. The fourth-order valence-electron chi connectivity index (χ4n) is 2.77. The Morgan fingerprint density at radius 1 is 1.53 bits per heavy atom. The molecule has 19 heavy (non-hydrogen) atoms. The van der Waals surface area contributed by atoms with Crippen LogP contribution in [-0.4, -0.2) is 40.9 Å². The molecule has 108 valence electrons. The highest BCUT2D eigenvalue weighted by molar-refractivity contribution is 5.93. The van der Waals surface area contributed by atoms with E-state index < -0.39 is 23.9 Å². The van der Waals surface area contributed by atoms with Crippen molar-refractivity contribution in [1.29, 1.82) is 0 Å². The van der Waals surface area contributed by atoms with Crippen molar-refractivity contribution in [1.82, 2.24) is 5.01 Å². The smallest absolute Gasteiger partial charge is 0.439 e. The van der Waals surface area contributed by atoms with Gasteiger partial charge in [-0.25, -0.2) is 4.79 Å². The van der Waals surface area contributed by atoms with Crippen LogP contribution in [0.2, 0.25) is 0 Å². The van der Waals surface area contributed by atoms with E-state index in [-0.39, 0.29) is 23.1 Å². The van der Waals surface area contributed by atoms with Crippen molar-refractivity contribution < 1.29 is 27.8 Å². The highest BCUT2D eigenvalue weighted by Gasteiger charge is 2.69. The van der Waals surface area contributed by atoms with Crippen LogP contribution in [-0.2, 0) is 4.74 Å². The van der Waals surface area contributed by atoms with Gasteiger partial charge >= 0.3 is 12.3 Å². The number of hydrazone groups is 1. The van der Waals surface area contributed by atoms with Crippen LogP contribution < -0.4 is 0 Å². The van der Waals surface area contributed by atoms with E-state index in [1.54, 1.807) is 6.92 Å². The molecule has 3 atom stereocenters. The number of fused-ring (bicyclic) bond motifs is 1. The quantitative estimate of drug-likeness (QED) is 0.739. The normalized spacial score (nSPS) is 34.8. The van der Waals surface area contributed by atoms with Gasteiger partial charge in [0.15, 0.2) is 0 Å². The monoisotopic (exact) mass is 280 g/mol. The SMILES string of the molecule is COC(=O)N1N=C2C(C)CCCC2C1(O)C(F)(F)F. The van der Waals surface area contributed by atoms with Crippen molar-refractivity contribution in [2.75, 3.05) is 7.11 Å². The Morgan fingerprint density at radius 3 is 2.68 bits per heavy atom. The van der Waals surface area contributed by atoms with Crippen LogP contribution in [0.1, 0.15) is 26.2 Å². The Bertz CT molecular complexity index is 424. The van der Waals surface area contributed by atoms with E-state index in [1.807, 2.05) is 0 Å². The maximum absolute atomic E-state index is 13.2. The molecule has 0 bridgehead atoms. The Hall–Kier alpha value is -1.31. The highest BCUT2D eigenvalue weighted by Crippen LogP contribution is 2.49. The molecule has 1 amide bonds. The first-order valence-corrected chi connectivity index (χ1v) is 5.99. The topological polar surface area (TPSA) is 62.1 Å². The Kier molecular flexibility index (Phi) is 3.24. The lowest BCUT2D eigenvalue weighted by atomic mass is 9.75. The summed E-state index contributed by atoms with van der Waals surface area (Å²) in [5.41, 5.74) is -3.08. The second-order valence-electron chi connectivity index (χ2n) is 4.92. The lowest BCUT2D eigenvalue weighted by Crippen LogP contribution is -2.61. The molecule has 0 aromatic heterocycles. The first-order chi connectivity index (χ1) is 8.73. The summed E-state index contributed by atoms with van der Waals surface area (Å²) in [6, 6.07) is 0. The van der Waals surface area contributed by atoms with E-state index in [9.17, 15) is 23.1 Å². The third kappa shape index (κ3) is 1.89. The Morgan fingerprint density at radius 2 is 2.16 bits per heavy atom. The molecule has 1 heterocycles. The second kappa shape index (κ2) is 4.36. The number of aliphatic hydroxyl groups is 1. The van der Waals surface area contributed by atoms with Gasteiger partial charge in [0.05, 0.1) is 13.0 Å². The zero-order valence-electron chi connectivity index (χ0n) is 10.6. The lowest BCUT2D eigenvalue weighted by molar-refractivity contribution is -0.315. The summed E-state index contributed by atoms with van der Waals surface area (Å²) in [5.74, 6) is -1.40. The molecule has 0 aromatic carbocycles. The van der Waals surface area contributed by atoms with Crippen LogP contribution >= 0.6 is 0 Å². The fraction of sp³-hybridized carbons (Fsp3) is 0.818. The van der Waals surface area contributed by atoms with Crippen molar-refractivity contribution in [2.24, 2.45) is 16.9 Å².